The van der Waals surface area contributed by atoms with E-state index < -0.39 is 10.2 Å². The Morgan fingerprint density at radius 1 is 1.28 bits per heavy atom. The molecule has 0 aromatic heterocycles. The second-order valence-corrected chi connectivity index (χ2v) is 6.94. The fraction of sp³-hybridized carbons (Fsp3) is 0.538. The van der Waals surface area contributed by atoms with Crippen molar-refractivity contribution in [2.24, 2.45) is 0 Å². The molecule has 0 atom stereocenters. The average Bonchev–Trinajstić information content (AvgIpc) is 3.14. The van der Waals surface area contributed by atoms with Crippen LogP contribution >= 0.6 is 0 Å². The molecule has 0 bridgehead atoms. The molecule has 0 amide bonds. The summed E-state index contributed by atoms with van der Waals surface area (Å²) < 4.78 is 26.8. The van der Waals surface area contributed by atoms with Crippen LogP contribution in [0.1, 0.15) is 16.7 Å². The van der Waals surface area contributed by atoms with E-state index in [9.17, 15) is 8.42 Å². The second kappa shape index (κ2) is 4.99. The van der Waals surface area contributed by atoms with E-state index in [0.29, 0.717) is 19.6 Å². The Bertz CT molecular complexity index is 536. The van der Waals surface area contributed by atoms with Crippen molar-refractivity contribution in [3.63, 3.8) is 0 Å². The minimum Gasteiger partial charge on any atom is -0.195 e. The van der Waals surface area contributed by atoms with Gasteiger partial charge in [-0.1, -0.05) is 23.8 Å². The van der Waals surface area contributed by atoms with Crippen molar-refractivity contribution in [2.45, 2.75) is 20.3 Å². The number of likely N-dealkylation sites (N-methyl/N-ethyl adjacent to an activating group) is 1. The van der Waals surface area contributed by atoms with Crippen LogP contribution in [0.15, 0.2) is 18.2 Å². The normalized spacial score (nSPS) is 16.2. The summed E-state index contributed by atoms with van der Waals surface area (Å²) in [5, 5.41) is 0. The third-order valence-corrected chi connectivity index (χ3v) is 5.32. The molecule has 18 heavy (non-hydrogen) atoms. The van der Waals surface area contributed by atoms with Gasteiger partial charge in [0.25, 0.3) is 10.2 Å². The van der Waals surface area contributed by atoms with Gasteiger partial charge in [-0.3, -0.25) is 0 Å². The van der Waals surface area contributed by atoms with Crippen molar-refractivity contribution in [1.82, 2.24) is 8.61 Å². The van der Waals surface area contributed by atoms with Gasteiger partial charge < -0.3 is 0 Å². The summed E-state index contributed by atoms with van der Waals surface area (Å²) in [4.78, 5) is 0. The monoisotopic (exact) mass is 268 g/mol. The van der Waals surface area contributed by atoms with Gasteiger partial charge in [-0.2, -0.15) is 17.0 Å². The Morgan fingerprint density at radius 2 is 1.94 bits per heavy atom. The van der Waals surface area contributed by atoms with Gasteiger partial charge in [-0.25, -0.2) is 0 Å². The first-order chi connectivity index (χ1) is 8.41. The molecule has 4 nitrogen and oxygen atoms in total. The highest BCUT2D eigenvalue weighted by Crippen LogP contribution is 2.17. The van der Waals surface area contributed by atoms with E-state index in [4.69, 9.17) is 0 Å². The predicted molar refractivity (Wildman–Crippen MR) is 72.7 cm³/mol. The Hall–Kier alpha value is -0.910. The van der Waals surface area contributed by atoms with Crippen LogP contribution in [0.3, 0.4) is 0 Å². The molecule has 0 radical (unpaired) electrons. The Morgan fingerprint density at radius 3 is 2.56 bits per heavy atom. The highest BCUT2D eigenvalue weighted by Gasteiger charge is 2.34. The van der Waals surface area contributed by atoms with E-state index in [1.807, 2.05) is 0 Å². The van der Waals surface area contributed by atoms with E-state index in [1.165, 1.54) is 25.3 Å². The van der Waals surface area contributed by atoms with Crippen molar-refractivity contribution in [3.05, 3.63) is 34.9 Å². The number of benzene rings is 1. The van der Waals surface area contributed by atoms with Gasteiger partial charge >= 0.3 is 0 Å². The lowest BCUT2D eigenvalue weighted by Gasteiger charge is -2.18. The van der Waals surface area contributed by atoms with Crippen LogP contribution in [0.25, 0.3) is 0 Å². The van der Waals surface area contributed by atoms with E-state index in [0.717, 1.165) is 6.42 Å². The molecule has 1 aromatic carbocycles. The SMILES string of the molecule is Cc1ccc(C)c(CCN(C)S(=O)(=O)N2CC2)c1. The van der Waals surface area contributed by atoms with Crippen molar-refractivity contribution in [1.29, 1.82) is 0 Å². The number of rotatable bonds is 5. The Labute approximate surface area is 109 Å². The molecule has 2 rings (SSSR count). The maximum Gasteiger partial charge on any atom is 0.281 e. The van der Waals surface area contributed by atoms with E-state index >= 15 is 0 Å². The summed E-state index contributed by atoms with van der Waals surface area (Å²) in [6, 6.07) is 6.30. The number of nitrogens with zero attached hydrogens (tertiary/aromatic N) is 2. The first-order valence-corrected chi connectivity index (χ1v) is 7.58. The minimum atomic E-state index is -3.19. The summed E-state index contributed by atoms with van der Waals surface area (Å²) in [7, 11) is -1.54. The van der Waals surface area contributed by atoms with Gasteiger partial charge in [0, 0.05) is 26.7 Å². The molecule has 0 spiro atoms. The molecule has 100 valence electrons. The molecule has 1 saturated heterocycles. The van der Waals surface area contributed by atoms with Gasteiger partial charge in [0.05, 0.1) is 0 Å². The fourth-order valence-electron chi connectivity index (χ4n) is 1.93. The van der Waals surface area contributed by atoms with Gasteiger partial charge in [-0.15, -0.1) is 0 Å². The maximum atomic E-state index is 11.9. The predicted octanol–water partition coefficient (Wildman–Crippen LogP) is 1.34. The molecule has 0 saturated carbocycles. The van der Waals surface area contributed by atoms with Crippen LogP contribution in [0.5, 0.6) is 0 Å². The van der Waals surface area contributed by atoms with Crippen LogP contribution < -0.4 is 0 Å². The van der Waals surface area contributed by atoms with Crippen LogP contribution in [0.2, 0.25) is 0 Å². The average molecular weight is 268 g/mol. The molecule has 1 aliphatic heterocycles. The summed E-state index contributed by atoms with van der Waals surface area (Å²) in [6.07, 6.45) is 0.761. The first-order valence-electron chi connectivity index (χ1n) is 6.19. The molecule has 0 aliphatic carbocycles. The molecule has 1 fully saturated rings. The second-order valence-electron chi connectivity index (χ2n) is 4.91. The molecule has 1 heterocycles. The largest absolute Gasteiger partial charge is 0.281 e. The lowest BCUT2D eigenvalue weighted by Crippen LogP contribution is -2.33. The highest BCUT2D eigenvalue weighted by atomic mass is 32.2. The van der Waals surface area contributed by atoms with Crippen LogP contribution in [0.4, 0.5) is 0 Å². The Balaban J connectivity index is 2.01. The number of hydrogen-bond acceptors (Lipinski definition) is 2. The number of hydrogen-bond donors (Lipinski definition) is 0. The highest BCUT2D eigenvalue weighted by molar-refractivity contribution is 7.87. The molecule has 1 aromatic rings. The van der Waals surface area contributed by atoms with Crippen LogP contribution in [-0.2, 0) is 16.6 Å². The summed E-state index contributed by atoms with van der Waals surface area (Å²) in [6.45, 7) is 5.97. The minimum absolute atomic E-state index is 0.531. The zero-order chi connectivity index (χ0) is 13.3. The quantitative estimate of drug-likeness (QED) is 0.756. The molecule has 1 aliphatic rings. The molecule has 5 heteroatoms. The van der Waals surface area contributed by atoms with Gasteiger partial charge in [0.15, 0.2) is 0 Å². The summed E-state index contributed by atoms with van der Waals surface area (Å²) >= 11 is 0. The van der Waals surface area contributed by atoms with E-state index in [2.05, 4.69) is 32.0 Å². The topological polar surface area (TPSA) is 40.4 Å². The third-order valence-electron chi connectivity index (χ3n) is 3.33. The zero-order valence-electron chi connectivity index (χ0n) is 11.2. The van der Waals surface area contributed by atoms with Crippen molar-refractivity contribution in [2.75, 3.05) is 26.7 Å². The fourth-order valence-corrected chi connectivity index (χ4v) is 3.19. The molecular formula is C13H20N2O2S. The summed E-state index contributed by atoms with van der Waals surface area (Å²) in [5.41, 5.74) is 3.66. The lowest BCUT2D eigenvalue weighted by atomic mass is 10.0. The smallest absolute Gasteiger partial charge is 0.195 e. The molecule has 0 unspecified atom stereocenters. The zero-order valence-corrected chi connectivity index (χ0v) is 12.0. The Kier molecular flexibility index (Phi) is 3.75. The van der Waals surface area contributed by atoms with Gasteiger partial charge in [0.2, 0.25) is 0 Å². The van der Waals surface area contributed by atoms with Crippen molar-refractivity contribution < 1.29 is 8.42 Å². The van der Waals surface area contributed by atoms with Crippen LogP contribution in [0, 0.1) is 13.8 Å². The third kappa shape index (κ3) is 2.91. The van der Waals surface area contributed by atoms with E-state index in [-0.39, 0.29) is 0 Å². The van der Waals surface area contributed by atoms with Gasteiger partial charge in [-0.05, 0) is 31.4 Å². The number of aryl methyl sites for hydroxylation is 2. The lowest BCUT2D eigenvalue weighted by molar-refractivity contribution is 0.445. The first kappa shape index (κ1) is 13.5. The van der Waals surface area contributed by atoms with E-state index in [1.54, 1.807) is 7.05 Å². The molecule has 0 N–H and O–H groups in total. The van der Waals surface area contributed by atoms with Gasteiger partial charge in [0.1, 0.15) is 0 Å². The maximum absolute atomic E-state index is 11.9. The van der Waals surface area contributed by atoms with Crippen molar-refractivity contribution >= 4 is 10.2 Å². The van der Waals surface area contributed by atoms with Crippen molar-refractivity contribution in [3.8, 4) is 0 Å². The van der Waals surface area contributed by atoms with Crippen LogP contribution in [-0.4, -0.2) is 43.7 Å². The molecular weight excluding hydrogens is 248 g/mol. The standard InChI is InChI=1S/C13H20N2O2S/c1-11-4-5-12(2)13(10-11)6-7-14(3)18(16,17)15-8-9-15/h4-5,10H,6-9H2,1-3H3. The summed E-state index contributed by atoms with van der Waals surface area (Å²) in [5.74, 6) is 0.